The number of ether oxygens (including phenoxy) is 1. The molecule has 2 N–H and O–H groups in total. The van der Waals surface area contributed by atoms with Gasteiger partial charge in [-0.05, 0) is 50.5 Å². The van der Waals surface area contributed by atoms with Gasteiger partial charge in [-0.1, -0.05) is 11.2 Å². The highest BCUT2D eigenvalue weighted by Gasteiger charge is 2.22. The van der Waals surface area contributed by atoms with Crippen LogP contribution in [0.3, 0.4) is 0 Å². The second-order valence-corrected chi connectivity index (χ2v) is 7.73. The van der Waals surface area contributed by atoms with Gasteiger partial charge in [0, 0.05) is 29.0 Å². The lowest BCUT2D eigenvalue weighted by Gasteiger charge is -2.11. The third-order valence-electron chi connectivity index (χ3n) is 4.46. The Balaban J connectivity index is 1.74. The number of nitrogens with one attached hydrogen (secondary N) is 1. The lowest BCUT2D eigenvalue weighted by Crippen LogP contribution is -2.11. The summed E-state index contributed by atoms with van der Waals surface area (Å²) in [6, 6.07) is 7.81. The molecular weight excluding hydrogens is 362 g/mol. The first-order valence-corrected chi connectivity index (χ1v) is 9.57. The highest BCUT2D eigenvalue weighted by Crippen LogP contribution is 2.38. The maximum atomic E-state index is 12.6. The summed E-state index contributed by atoms with van der Waals surface area (Å²) < 4.78 is 6.34. The maximum absolute atomic E-state index is 12.6. The summed E-state index contributed by atoms with van der Waals surface area (Å²) in [5, 5.41) is 16.8. The summed E-state index contributed by atoms with van der Waals surface area (Å²) >= 11 is 1.37. The Labute approximate surface area is 160 Å². The zero-order valence-electron chi connectivity index (χ0n) is 15.0. The van der Waals surface area contributed by atoms with E-state index in [4.69, 9.17) is 9.94 Å². The van der Waals surface area contributed by atoms with Gasteiger partial charge in [0.05, 0.1) is 22.2 Å². The molecule has 4 rings (SSSR count). The number of esters is 1. The Morgan fingerprint density at radius 1 is 1.33 bits per heavy atom. The van der Waals surface area contributed by atoms with Gasteiger partial charge in [0.1, 0.15) is 4.88 Å². The van der Waals surface area contributed by atoms with Crippen LogP contribution in [-0.4, -0.2) is 28.0 Å². The van der Waals surface area contributed by atoms with Crippen LogP contribution in [0.1, 0.15) is 41.1 Å². The number of aromatic nitrogens is 1. The fourth-order valence-corrected chi connectivity index (χ4v) is 4.29. The van der Waals surface area contributed by atoms with Gasteiger partial charge in [-0.3, -0.25) is 4.98 Å². The second-order valence-electron chi connectivity index (χ2n) is 6.68. The molecule has 0 unspecified atom stereocenters. The van der Waals surface area contributed by atoms with Gasteiger partial charge in [0.2, 0.25) is 0 Å². The lowest BCUT2D eigenvalue weighted by molar-refractivity contribution is 0.0385. The van der Waals surface area contributed by atoms with Crippen LogP contribution >= 0.6 is 11.3 Å². The van der Waals surface area contributed by atoms with Crippen molar-refractivity contribution in [2.45, 2.75) is 32.8 Å². The summed E-state index contributed by atoms with van der Waals surface area (Å²) in [5.41, 5.74) is 4.42. The fourth-order valence-electron chi connectivity index (χ4n) is 3.28. The van der Waals surface area contributed by atoms with E-state index in [1.54, 1.807) is 12.4 Å². The number of aryl methyl sites for hydroxylation is 1. The number of carbonyl (C=O) groups excluding carboxylic acids is 1. The number of thiophene rings is 1. The minimum Gasteiger partial charge on any atom is -0.459 e. The average Bonchev–Trinajstić information content (AvgIpc) is 3.22. The van der Waals surface area contributed by atoms with Crippen LogP contribution in [0.25, 0.3) is 10.1 Å². The van der Waals surface area contributed by atoms with E-state index in [1.165, 1.54) is 11.3 Å². The minimum atomic E-state index is -0.343. The molecule has 0 bridgehead atoms. The zero-order valence-corrected chi connectivity index (χ0v) is 15.8. The van der Waals surface area contributed by atoms with Crippen LogP contribution < -0.4 is 5.32 Å². The number of benzene rings is 1. The van der Waals surface area contributed by atoms with Gasteiger partial charge >= 0.3 is 5.97 Å². The van der Waals surface area contributed by atoms with E-state index in [2.05, 4.69) is 15.5 Å². The summed E-state index contributed by atoms with van der Waals surface area (Å²) in [6.45, 7) is 3.67. The number of carbonyl (C=O) groups is 1. The van der Waals surface area contributed by atoms with E-state index in [9.17, 15) is 4.79 Å². The van der Waals surface area contributed by atoms with Crippen molar-refractivity contribution in [1.29, 1.82) is 0 Å². The van der Waals surface area contributed by atoms with Crippen LogP contribution in [0.4, 0.5) is 11.4 Å². The molecule has 0 radical (unpaired) electrons. The Bertz CT molecular complexity index is 1060. The Kier molecular flexibility index (Phi) is 4.53. The van der Waals surface area contributed by atoms with Crippen molar-refractivity contribution in [3.05, 3.63) is 52.7 Å². The quantitative estimate of drug-likeness (QED) is 0.388. The fraction of sp³-hybridized carbons (Fsp3) is 0.250. The van der Waals surface area contributed by atoms with Crippen molar-refractivity contribution in [3.63, 3.8) is 0 Å². The largest absolute Gasteiger partial charge is 0.459 e. The van der Waals surface area contributed by atoms with Crippen LogP contribution in [0.5, 0.6) is 0 Å². The predicted octanol–water partition coefficient (Wildman–Crippen LogP) is 4.73. The first-order valence-electron chi connectivity index (χ1n) is 8.75. The Hall–Kier alpha value is -2.93. The van der Waals surface area contributed by atoms with Crippen molar-refractivity contribution in [3.8, 4) is 0 Å². The number of fused-ring (bicyclic) bond motifs is 2. The molecule has 3 aromatic rings. The predicted molar refractivity (Wildman–Crippen MR) is 107 cm³/mol. The van der Waals surface area contributed by atoms with Crippen molar-refractivity contribution < 1.29 is 14.7 Å². The van der Waals surface area contributed by atoms with E-state index >= 15 is 0 Å². The number of hydrogen-bond acceptors (Lipinski definition) is 7. The molecule has 0 aliphatic heterocycles. The van der Waals surface area contributed by atoms with Gasteiger partial charge in [-0.25, -0.2) is 4.79 Å². The molecule has 1 aromatic carbocycles. The third kappa shape index (κ3) is 3.26. The topological polar surface area (TPSA) is 83.8 Å². The number of rotatable bonds is 4. The molecule has 1 aliphatic rings. The van der Waals surface area contributed by atoms with Gasteiger partial charge in [0.15, 0.2) is 0 Å². The lowest BCUT2D eigenvalue weighted by atomic mass is 10.1. The molecule has 27 heavy (non-hydrogen) atoms. The van der Waals surface area contributed by atoms with E-state index < -0.39 is 0 Å². The van der Waals surface area contributed by atoms with E-state index in [0.717, 1.165) is 45.4 Å². The van der Waals surface area contributed by atoms with Crippen molar-refractivity contribution in [2.75, 3.05) is 5.32 Å². The molecular formula is C20H19N3O3S. The van der Waals surface area contributed by atoms with Crippen molar-refractivity contribution in [1.82, 2.24) is 4.98 Å². The third-order valence-corrected chi connectivity index (χ3v) is 5.58. The van der Waals surface area contributed by atoms with E-state index in [0.29, 0.717) is 10.6 Å². The van der Waals surface area contributed by atoms with Crippen LogP contribution in [-0.2, 0) is 11.2 Å². The van der Waals surface area contributed by atoms with Gasteiger partial charge < -0.3 is 15.3 Å². The maximum Gasteiger partial charge on any atom is 0.350 e. The molecule has 0 fully saturated rings. The van der Waals surface area contributed by atoms with Crippen LogP contribution in [0.2, 0.25) is 0 Å². The number of anilines is 2. The van der Waals surface area contributed by atoms with E-state index in [1.807, 2.05) is 38.1 Å². The van der Waals surface area contributed by atoms with Crippen molar-refractivity contribution in [2.24, 2.45) is 5.16 Å². The number of oxime groups is 1. The molecule has 0 atom stereocenters. The minimum absolute atomic E-state index is 0.190. The molecule has 0 spiro atoms. The SMILES string of the molecule is CC(C)OC(=O)c1sc2cnccc2c1Nc1ccc2c(c1)CC/C2=N\O. The molecule has 7 heteroatoms. The zero-order chi connectivity index (χ0) is 19.0. The Morgan fingerprint density at radius 3 is 2.96 bits per heavy atom. The van der Waals surface area contributed by atoms with Gasteiger partial charge in [-0.2, -0.15) is 0 Å². The number of nitrogens with zero attached hydrogens (tertiary/aromatic N) is 2. The van der Waals surface area contributed by atoms with Crippen LogP contribution in [0, 0.1) is 0 Å². The molecule has 2 aromatic heterocycles. The smallest absolute Gasteiger partial charge is 0.350 e. The molecule has 0 saturated heterocycles. The van der Waals surface area contributed by atoms with Gasteiger partial charge in [-0.15, -0.1) is 11.3 Å². The first-order chi connectivity index (χ1) is 13.1. The van der Waals surface area contributed by atoms with Crippen molar-refractivity contribution >= 4 is 44.5 Å². The second kappa shape index (κ2) is 7.00. The first kappa shape index (κ1) is 17.5. The summed E-state index contributed by atoms with van der Waals surface area (Å²) in [4.78, 5) is 17.3. The standard InChI is InChI=1S/C20H19N3O3S/c1-11(2)26-20(24)19-18(15-7-8-21-10-17(15)27-19)22-13-4-5-14-12(9-13)3-6-16(14)23-25/h4-5,7-11,22,25H,3,6H2,1-2H3/b23-16+. The molecule has 138 valence electrons. The molecule has 0 saturated carbocycles. The summed E-state index contributed by atoms with van der Waals surface area (Å²) in [5.74, 6) is -0.343. The monoisotopic (exact) mass is 381 g/mol. The molecule has 2 heterocycles. The molecule has 1 aliphatic carbocycles. The van der Waals surface area contributed by atoms with Gasteiger partial charge in [0.25, 0.3) is 0 Å². The normalized spacial score (nSPS) is 14.7. The highest BCUT2D eigenvalue weighted by atomic mass is 32.1. The highest BCUT2D eigenvalue weighted by molar-refractivity contribution is 7.21. The number of hydrogen-bond donors (Lipinski definition) is 2. The van der Waals surface area contributed by atoms with Crippen LogP contribution in [0.15, 0.2) is 41.8 Å². The Morgan fingerprint density at radius 2 is 2.19 bits per heavy atom. The molecule has 6 nitrogen and oxygen atoms in total. The summed E-state index contributed by atoms with van der Waals surface area (Å²) in [7, 11) is 0. The summed E-state index contributed by atoms with van der Waals surface area (Å²) in [6.07, 6.45) is 4.84. The average molecular weight is 381 g/mol. The molecule has 0 amide bonds. The van der Waals surface area contributed by atoms with E-state index in [-0.39, 0.29) is 12.1 Å². The number of pyridine rings is 1.